The Hall–Kier alpha value is -2.44. The molecule has 0 saturated heterocycles. The summed E-state index contributed by atoms with van der Waals surface area (Å²) in [6.07, 6.45) is 1.60. The summed E-state index contributed by atoms with van der Waals surface area (Å²) in [5, 5.41) is 10.2. The SMILES string of the molecule is Cc1ccc(C(=O)CSc2ncc(CO)n2Cc2ccc(F)cc2)cc1. The molecule has 0 bridgehead atoms. The summed E-state index contributed by atoms with van der Waals surface area (Å²) in [6, 6.07) is 13.7. The molecule has 3 rings (SSSR count). The molecule has 0 aliphatic carbocycles. The van der Waals surface area contributed by atoms with Gasteiger partial charge in [0.15, 0.2) is 10.9 Å². The van der Waals surface area contributed by atoms with Crippen molar-refractivity contribution in [3.63, 3.8) is 0 Å². The van der Waals surface area contributed by atoms with E-state index < -0.39 is 0 Å². The van der Waals surface area contributed by atoms with Crippen molar-refractivity contribution in [2.75, 3.05) is 5.75 Å². The van der Waals surface area contributed by atoms with E-state index in [1.165, 1.54) is 23.9 Å². The number of aryl methyl sites for hydroxylation is 1. The molecule has 0 unspecified atom stereocenters. The number of rotatable bonds is 7. The number of hydrogen-bond donors (Lipinski definition) is 1. The van der Waals surface area contributed by atoms with Crippen LogP contribution in [0.25, 0.3) is 0 Å². The van der Waals surface area contributed by atoms with Crippen LogP contribution in [0.5, 0.6) is 0 Å². The van der Waals surface area contributed by atoms with Crippen LogP contribution in [-0.4, -0.2) is 26.2 Å². The van der Waals surface area contributed by atoms with E-state index >= 15 is 0 Å². The van der Waals surface area contributed by atoms with Crippen LogP contribution in [0, 0.1) is 12.7 Å². The monoisotopic (exact) mass is 370 g/mol. The zero-order valence-corrected chi connectivity index (χ0v) is 15.2. The zero-order chi connectivity index (χ0) is 18.5. The van der Waals surface area contributed by atoms with Gasteiger partial charge in [-0.2, -0.15) is 0 Å². The van der Waals surface area contributed by atoms with E-state index in [-0.39, 0.29) is 24.0 Å². The van der Waals surface area contributed by atoms with Crippen molar-refractivity contribution < 1.29 is 14.3 Å². The molecular formula is C20H19FN2O2S. The Kier molecular flexibility index (Phi) is 5.85. The lowest BCUT2D eigenvalue weighted by molar-refractivity contribution is 0.102. The van der Waals surface area contributed by atoms with Crippen LogP contribution < -0.4 is 0 Å². The first kappa shape index (κ1) is 18.4. The fourth-order valence-electron chi connectivity index (χ4n) is 2.53. The Labute approximate surface area is 155 Å². The molecule has 0 saturated carbocycles. The normalized spacial score (nSPS) is 10.9. The zero-order valence-electron chi connectivity index (χ0n) is 14.4. The predicted octanol–water partition coefficient (Wildman–Crippen LogP) is 3.85. The van der Waals surface area contributed by atoms with Gasteiger partial charge in [-0.25, -0.2) is 9.37 Å². The van der Waals surface area contributed by atoms with E-state index in [1.807, 2.05) is 35.8 Å². The second-order valence-electron chi connectivity index (χ2n) is 5.98. The average Bonchev–Trinajstić information content (AvgIpc) is 3.04. The number of carbonyl (C=O) groups is 1. The molecule has 0 amide bonds. The summed E-state index contributed by atoms with van der Waals surface area (Å²) in [5.74, 6) is -0.00843. The largest absolute Gasteiger partial charge is 0.390 e. The van der Waals surface area contributed by atoms with E-state index in [1.54, 1.807) is 18.3 Å². The van der Waals surface area contributed by atoms with Gasteiger partial charge in [0.25, 0.3) is 0 Å². The van der Waals surface area contributed by atoms with Gasteiger partial charge in [0.2, 0.25) is 0 Å². The molecule has 2 aromatic carbocycles. The van der Waals surface area contributed by atoms with Gasteiger partial charge in [0.05, 0.1) is 24.3 Å². The number of ketones is 1. The molecule has 1 aromatic heterocycles. The molecule has 1 heterocycles. The number of imidazole rings is 1. The number of nitrogens with zero attached hydrogens (tertiary/aromatic N) is 2. The van der Waals surface area contributed by atoms with Gasteiger partial charge in [-0.15, -0.1) is 0 Å². The Morgan fingerprint density at radius 1 is 1.15 bits per heavy atom. The van der Waals surface area contributed by atoms with Crippen molar-refractivity contribution in [3.05, 3.63) is 82.9 Å². The molecule has 134 valence electrons. The lowest BCUT2D eigenvalue weighted by Gasteiger charge is -2.11. The summed E-state index contributed by atoms with van der Waals surface area (Å²) in [6.45, 7) is 2.28. The van der Waals surface area contributed by atoms with Crippen LogP contribution in [-0.2, 0) is 13.2 Å². The smallest absolute Gasteiger partial charge is 0.173 e. The molecule has 4 nitrogen and oxygen atoms in total. The molecule has 26 heavy (non-hydrogen) atoms. The van der Waals surface area contributed by atoms with Gasteiger partial charge >= 0.3 is 0 Å². The van der Waals surface area contributed by atoms with Crippen LogP contribution in [0.15, 0.2) is 59.9 Å². The van der Waals surface area contributed by atoms with Gasteiger partial charge in [0, 0.05) is 12.1 Å². The molecule has 0 spiro atoms. The number of aliphatic hydroxyl groups is 1. The standard InChI is InChI=1S/C20H19FN2O2S/c1-14-2-6-16(7-3-14)19(25)13-26-20-22-10-18(12-24)23(20)11-15-4-8-17(21)9-5-15/h2-10,24H,11-13H2,1H3. The molecule has 3 aromatic rings. The third-order valence-electron chi connectivity index (χ3n) is 4.02. The van der Waals surface area contributed by atoms with E-state index in [2.05, 4.69) is 4.98 Å². The highest BCUT2D eigenvalue weighted by Crippen LogP contribution is 2.22. The highest BCUT2D eigenvalue weighted by molar-refractivity contribution is 7.99. The van der Waals surface area contributed by atoms with E-state index in [0.29, 0.717) is 23.0 Å². The maximum Gasteiger partial charge on any atom is 0.173 e. The number of carbonyl (C=O) groups excluding carboxylic acids is 1. The Morgan fingerprint density at radius 3 is 2.50 bits per heavy atom. The van der Waals surface area contributed by atoms with Crippen molar-refractivity contribution in [3.8, 4) is 0 Å². The van der Waals surface area contributed by atoms with Gasteiger partial charge in [0.1, 0.15) is 5.82 Å². The van der Waals surface area contributed by atoms with E-state index in [0.717, 1.165) is 11.1 Å². The summed E-state index contributed by atoms with van der Waals surface area (Å²) >= 11 is 1.33. The summed E-state index contributed by atoms with van der Waals surface area (Å²) in [5.41, 5.74) is 3.32. The molecule has 6 heteroatoms. The van der Waals surface area contributed by atoms with Crippen LogP contribution in [0.1, 0.15) is 27.2 Å². The summed E-state index contributed by atoms with van der Waals surface area (Å²) in [7, 11) is 0. The minimum atomic E-state index is -0.292. The number of hydrogen-bond acceptors (Lipinski definition) is 4. The number of thioether (sulfide) groups is 1. The average molecular weight is 370 g/mol. The molecular weight excluding hydrogens is 351 g/mol. The second kappa shape index (κ2) is 8.29. The van der Waals surface area contributed by atoms with Crippen LogP contribution in [0.3, 0.4) is 0 Å². The first-order chi connectivity index (χ1) is 12.6. The number of halogens is 1. The topological polar surface area (TPSA) is 55.1 Å². The highest BCUT2D eigenvalue weighted by Gasteiger charge is 2.13. The molecule has 0 fully saturated rings. The Balaban J connectivity index is 1.73. The van der Waals surface area contributed by atoms with Crippen molar-refractivity contribution >= 4 is 17.5 Å². The number of aliphatic hydroxyl groups excluding tert-OH is 1. The molecule has 1 N–H and O–H groups in total. The van der Waals surface area contributed by atoms with Gasteiger partial charge < -0.3 is 9.67 Å². The van der Waals surface area contributed by atoms with Crippen molar-refractivity contribution in [2.45, 2.75) is 25.2 Å². The third-order valence-corrected chi connectivity index (χ3v) is 5.01. The summed E-state index contributed by atoms with van der Waals surface area (Å²) in [4.78, 5) is 16.7. The van der Waals surface area contributed by atoms with Crippen molar-refractivity contribution in [1.29, 1.82) is 0 Å². The minimum Gasteiger partial charge on any atom is -0.390 e. The molecule has 0 aliphatic heterocycles. The first-order valence-corrected chi connectivity index (χ1v) is 9.18. The second-order valence-corrected chi connectivity index (χ2v) is 6.92. The van der Waals surface area contributed by atoms with Crippen molar-refractivity contribution in [1.82, 2.24) is 9.55 Å². The Bertz CT molecular complexity index is 889. The lowest BCUT2D eigenvalue weighted by atomic mass is 10.1. The van der Waals surface area contributed by atoms with Gasteiger partial charge in [-0.1, -0.05) is 53.7 Å². The predicted molar refractivity (Wildman–Crippen MR) is 99.9 cm³/mol. The molecule has 0 atom stereocenters. The summed E-state index contributed by atoms with van der Waals surface area (Å²) < 4.78 is 14.9. The fourth-order valence-corrected chi connectivity index (χ4v) is 3.42. The van der Waals surface area contributed by atoms with E-state index in [4.69, 9.17) is 0 Å². The first-order valence-electron chi connectivity index (χ1n) is 8.19. The molecule has 0 aliphatic rings. The van der Waals surface area contributed by atoms with Gasteiger partial charge in [-0.05, 0) is 24.6 Å². The quantitative estimate of drug-likeness (QED) is 0.507. The number of Topliss-reactive ketones (excluding diaryl/α,β-unsaturated/α-hetero) is 1. The van der Waals surface area contributed by atoms with Crippen LogP contribution in [0.2, 0.25) is 0 Å². The fraction of sp³-hybridized carbons (Fsp3) is 0.200. The molecule has 0 radical (unpaired) electrons. The maximum absolute atomic E-state index is 13.1. The Morgan fingerprint density at radius 2 is 1.85 bits per heavy atom. The minimum absolute atomic E-state index is 0.0249. The van der Waals surface area contributed by atoms with Gasteiger partial charge in [-0.3, -0.25) is 4.79 Å². The van der Waals surface area contributed by atoms with Crippen molar-refractivity contribution in [2.24, 2.45) is 0 Å². The van der Waals surface area contributed by atoms with E-state index in [9.17, 15) is 14.3 Å². The highest BCUT2D eigenvalue weighted by atomic mass is 32.2. The lowest BCUT2D eigenvalue weighted by Crippen LogP contribution is -2.08. The number of aromatic nitrogens is 2. The number of benzene rings is 2. The van der Waals surface area contributed by atoms with Crippen LogP contribution >= 0.6 is 11.8 Å². The third kappa shape index (κ3) is 4.39. The maximum atomic E-state index is 13.1. The van der Waals surface area contributed by atoms with Crippen LogP contribution in [0.4, 0.5) is 4.39 Å².